The van der Waals surface area contributed by atoms with Gasteiger partial charge in [0.25, 0.3) is 0 Å². The first-order valence-electron chi connectivity index (χ1n) is 11.3. The molecule has 3 heteroatoms. The molecule has 0 aliphatic carbocycles. The van der Waals surface area contributed by atoms with Gasteiger partial charge in [0, 0.05) is 0 Å². The summed E-state index contributed by atoms with van der Waals surface area (Å²) in [5.74, 6) is 1.61. The molecule has 0 aliphatic rings. The smallest absolute Gasteiger partial charge is 0.343 e. The molecule has 0 amide bonds. The molecule has 166 valence electrons. The highest BCUT2D eigenvalue weighted by Crippen LogP contribution is 2.23. The predicted molar refractivity (Wildman–Crippen MR) is 131 cm³/mol. The van der Waals surface area contributed by atoms with Crippen LogP contribution < -0.4 is 9.47 Å². The van der Waals surface area contributed by atoms with Gasteiger partial charge in [-0.3, -0.25) is 0 Å². The molecule has 3 aromatic carbocycles. The van der Waals surface area contributed by atoms with E-state index in [1.807, 2.05) is 18.2 Å². The van der Waals surface area contributed by atoms with Crippen LogP contribution in [0.1, 0.15) is 49.0 Å². The summed E-state index contributed by atoms with van der Waals surface area (Å²) in [6.07, 6.45) is 6.16. The molecule has 3 nitrogen and oxygen atoms in total. The van der Waals surface area contributed by atoms with Crippen LogP contribution in [0.5, 0.6) is 11.5 Å². The Hall–Kier alpha value is -3.33. The zero-order chi connectivity index (χ0) is 22.8. The van der Waals surface area contributed by atoms with Crippen LogP contribution >= 0.6 is 0 Å². The Balaban J connectivity index is 1.56. The first-order chi connectivity index (χ1) is 15.6. The van der Waals surface area contributed by atoms with Crippen molar-refractivity contribution in [3.8, 4) is 22.6 Å². The van der Waals surface area contributed by atoms with Crippen LogP contribution in [0.4, 0.5) is 0 Å². The van der Waals surface area contributed by atoms with Crippen LogP contribution in [0.25, 0.3) is 11.1 Å². The summed E-state index contributed by atoms with van der Waals surface area (Å²) in [5.41, 5.74) is 4.11. The van der Waals surface area contributed by atoms with E-state index >= 15 is 0 Å². The molecule has 0 aromatic heterocycles. The fourth-order valence-corrected chi connectivity index (χ4v) is 3.31. The van der Waals surface area contributed by atoms with Crippen molar-refractivity contribution in [3.63, 3.8) is 0 Å². The summed E-state index contributed by atoms with van der Waals surface area (Å²) in [6.45, 7) is 8.79. The standard InChI is InChI=1S/C29H32O3/c1-4-6-21-31-27-17-19-28(20-18-27)32-29(30)26-15-13-25(14-16-26)24-11-9-23(10-12-24)8-7-22(3)5-2/h4,9-20,22H,1,5-8,21H2,2-3H3. The minimum Gasteiger partial charge on any atom is -0.493 e. The highest BCUT2D eigenvalue weighted by atomic mass is 16.5. The molecule has 0 radical (unpaired) electrons. The van der Waals surface area contributed by atoms with E-state index in [0.29, 0.717) is 17.9 Å². The van der Waals surface area contributed by atoms with Gasteiger partial charge in [0.1, 0.15) is 11.5 Å². The number of ether oxygens (including phenoxy) is 2. The minimum absolute atomic E-state index is 0.378. The first-order valence-corrected chi connectivity index (χ1v) is 11.3. The van der Waals surface area contributed by atoms with Gasteiger partial charge in [-0.15, -0.1) is 6.58 Å². The van der Waals surface area contributed by atoms with Gasteiger partial charge in [-0.1, -0.05) is 62.7 Å². The lowest BCUT2D eigenvalue weighted by molar-refractivity contribution is 0.0734. The van der Waals surface area contributed by atoms with E-state index in [2.05, 4.69) is 44.7 Å². The summed E-state index contributed by atoms with van der Waals surface area (Å²) >= 11 is 0. The number of aryl methyl sites for hydroxylation is 1. The molecular formula is C29H32O3. The predicted octanol–water partition coefficient (Wildman–Crippen LogP) is 7.51. The number of hydrogen-bond donors (Lipinski definition) is 0. The van der Waals surface area contributed by atoms with E-state index in [1.165, 1.54) is 18.4 Å². The van der Waals surface area contributed by atoms with Gasteiger partial charge in [-0.25, -0.2) is 4.79 Å². The Kier molecular flexibility index (Phi) is 8.68. The summed E-state index contributed by atoms with van der Waals surface area (Å²) in [4.78, 5) is 12.5. The summed E-state index contributed by atoms with van der Waals surface area (Å²) in [5, 5.41) is 0. The van der Waals surface area contributed by atoms with Gasteiger partial charge in [0.15, 0.2) is 0 Å². The van der Waals surface area contributed by atoms with Crippen LogP contribution in [0.15, 0.2) is 85.5 Å². The molecule has 32 heavy (non-hydrogen) atoms. The zero-order valence-corrected chi connectivity index (χ0v) is 19.1. The topological polar surface area (TPSA) is 35.5 Å². The summed E-state index contributed by atoms with van der Waals surface area (Å²) in [7, 11) is 0. The Morgan fingerprint density at radius 2 is 1.50 bits per heavy atom. The highest BCUT2D eigenvalue weighted by molar-refractivity contribution is 5.91. The van der Waals surface area contributed by atoms with Crippen molar-refractivity contribution in [2.24, 2.45) is 5.92 Å². The second-order valence-corrected chi connectivity index (χ2v) is 8.11. The lowest BCUT2D eigenvalue weighted by Crippen LogP contribution is -2.08. The van der Waals surface area contributed by atoms with Crippen molar-refractivity contribution in [2.75, 3.05) is 6.61 Å². The van der Waals surface area contributed by atoms with E-state index in [-0.39, 0.29) is 5.97 Å². The molecule has 0 bridgehead atoms. The number of esters is 1. The van der Waals surface area contributed by atoms with E-state index in [0.717, 1.165) is 35.6 Å². The van der Waals surface area contributed by atoms with Crippen molar-refractivity contribution >= 4 is 5.97 Å². The summed E-state index contributed by atoms with van der Waals surface area (Å²) in [6, 6.07) is 23.3. The van der Waals surface area contributed by atoms with Crippen LogP contribution in [0.3, 0.4) is 0 Å². The normalized spacial score (nSPS) is 11.6. The fraction of sp³-hybridized carbons (Fsp3) is 0.276. The third-order valence-corrected chi connectivity index (χ3v) is 5.66. The highest BCUT2D eigenvalue weighted by Gasteiger charge is 2.09. The van der Waals surface area contributed by atoms with Crippen LogP contribution in [0.2, 0.25) is 0 Å². The molecule has 3 rings (SSSR count). The average molecular weight is 429 g/mol. The summed E-state index contributed by atoms with van der Waals surface area (Å²) < 4.78 is 11.1. The molecule has 1 atom stereocenters. The van der Waals surface area contributed by atoms with Crippen LogP contribution in [-0.2, 0) is 6.42 Å². The van der Waals surface area contributed by atoms with Crippen molar-refractivity contribution in [3.05, 3.63) is 96.6 Å². The van der Waals surface area contributed by atoms with Gasteiger partial charge in [-0.05, 0) is 78.3 Å². The van der Waals surface area contributed by atoms with Crippen LogP contribution in [0, 0.1) is 5.92 Å². The van der Waals surface area contributed by atoms with Crippen molar-refractivity contribution < 1.29 is 14.3 Å². The third kappa shape index (κ3) is 6.84. The molecular weight excluding hydrogens is 396 g/mol. The van der Waals surface area contributed by atoms with Gasteiger partial charge >= 0.3 is 5.97 Å². The SMILES string of the molecule is C=CCCOc1ccc(OC(=O)c2ccc(-c3ccc(CCC(C)CC)cc3)cc2)cc1. The zero-order valence-electron chi connectivity index (χ0n) is 19.1. The molecule has 3 aromatic rings. The lowest BCUT2D eigenvalue weighted by Gasteiger charge is -2.09. The van der Waals surface area contributed by atoms with Gasteiger partial charge in [0.2, 0.25) is 0 Å². The Labute approximate surface area is 191 Å². The number of carbonyl (C=O) groups is 1. The van der Waals surface area contributed by atoms with Crippen LogP contribution in [-0.4, -0.2) is 12.6 Å². The van der Waals surface area contributed by atoms with E-state index in [1.54, 1.807) is 36.4 Å². The van der Waals surface area contributed by atoms with Crippen molar-refractivity contribution in [1.82, 2.24) is 0 Å². The van der Waals surface area contributed by atoms with Gasteiger partial charge in [0.05, 0.1) is 12.2 Å². The second kappa shape index (κ2) is 11.9. The number of carbonyl (C=O) groups excluding carboxylic acids is 1. The van der Waals surface area contributed by atoms with Gasteiger partial charge < -0.3 is 9.47 Å². The quantitative estimate of drug-likeness (QED) is 0.137. The third-order valence-electron chi connectivity index (χ3n) is 5.66. The average Bonchev–Trinajstić information content (AvgIpc) is 2.84. The maximum Gasteiger partial charge on any atom is 0.343 e. The van der Waals surface area contributed by atoms with Crippen molar-refractivity contribution in [1.29, 1.82) is 0 Å². The van der Waals surface area contributed by atoms with Crippen molar-refractivity contribution in [2.45, 2.75) is 39.5 Å². The monoisotopic (exact) mass is 428 g/mol. The number of rotatable bonds is 11. The molecule has 0 spiro atoms. The largest absolute Gasteiger partial charge is 0.493 e. The van der Waals surface area contributed by atoms with Gasteiger partial charge in [-0.2, -0.15) is 0 Å². The lowest BCUT2D eigenvalue weighted by atomic mass is 9.97. The fourth-order valence-electron chi connectivity index (χ4n) is 3.31. The van der Waals surface area contributed by atoms with E-state index < -0.39 is 0 Å². The Morgan fingerprint density at radius 3 is 2.09 bits per heavy atom. The molecule has 0 saturated carbocycles. The van der Waals surface area contributed by atoms with E-state index in [4.69, 9.17) is 9.47 Å². The number of hydrogen-bond acceptors (Lipinski definition) is 3. The maximum atomic E-state index is 12.5. The molecule has 0 fully saturated rings. The molecule has 0 N–H and O–H groups in total. The number of benzene rings is 3. The Morgan fingerprint density at radius 1 is 0.906 bits per heavy atom. The first kappa shape index (κ1) is 23.3. The molecule has 0 heterocycles. The molecule has 0 aliphatic heterocycles. The molecule has 1 unspecified atom stereocenters. The van der Waals surface area contributed by atoms with E-state index in [9.17, 15) is 4.79 Å². The molecule has 0 saturated heterocycles. The minimum atomic E-state index is -0.378. The maximum absolute atomic E-state index is 12.5. The Bertz CT molecular complexity index is 986. The second-order valence-electron chi connectivity index (χ2n) is 8.11.